The molecule has 100 valence electrons. The number of likely N-dealkylation sites (tertiary alicyclic amines) is 1. The molecule has 0 saturated carbocycles. The van der Waals surface area contributed by atoms with Gasteiger partial charge in [0.15, 0.2) is 5.76 Å². The Bertz CT molecular complexity index is 416. The van der Waals surface area contributed by atoms with E-state index in [-0.39, 0.29) is 5.91 Å². The van der Waals surface area contributed by atoms with E-state index in [2.05, 4.69) is 24.2 Å². The van der Waals surface area contributed by atoms with Crippen LogP contribution >= 0.6 is 0 Å². The quantitative estimate of drug-likeness (QED) is 0.485. The van der Waals surface area contributed by atoms with Crippen molar-refractivity contribution in [2.45, 2.75) is 39.3 Å². The fourth-order valence-corrected chi connectivity index (χ4v) is 2.63. The number of amides is 1. The van der Waals surface area contributed by atoms with Gasteiger partial charge in [0.2, 0.25) is 0 Å². The van der Waals surface area contributed by atoms with Crippen LogP contribution in [0.2, 0.25) is 0 Å². The van der Waals surface area contributed by atoms with Gasteiger partial charge in [-0.3, -0.25) is 15.1 Å². The summed E-state index contributed by atoms with van der Waals surface area (Å²) in [5.74, 6) is 5.88. The van der Waals surface area contributed by atoms with Gasteiger partial charge >= 0.3 is 5.91 Å². The van der Waals surface area contributed by atoms with Gasteiger partial charge in [0.05, 0.1) is 6.26 Å². The number of nitrogens with two attached hydrogens (primary N) is 1. The summed E-state index contributed by atoms with van der Waals surface area (Å²) in [6.45, 7) is 6.34. The minimum atomic E-state index is -0.368. The smallest absolute Gasteiger partial charge is 0.301 e. The second kappa shape index (κ2) is 5.54. The molecule has 0 radical (unpaired) electrons. The van der Waals surface area contributed by atoms with Crippen LogP contribution in [0.1, 0.15) is 42.8 Å². The summed E-state index contributed by atoms with van der Waals surface area (Å²) < 4.78 is 5.20. The Labute approximate surface area is 107 Å². The Balaban J connectivity index is 2.05. The molecule has 2 rings (SSSR count). The van der Waals surface area contributed by atoms with Crippen LogP contribution < -0.4 is 11.3 Å². The summed E-state index contributed by atoms with van der Waals surface area (Å²) in [4.78, 5) is 13.9. The van der Waals surface area contributed by atoms with Gasteiger partial charge in [-0.15, -0.1) is 0 Å². The van der Waals surface area contributed by atoms with Gasteiger partial charge in [0.25, 0.3) is 0 Å². The lowest BCUT2D eigenvalue weighted by Gasteiger charge is -2.36. The molecule has 18 heavy (non-hydrogen) atoms. The van der Waals surface area contributed by atoms with E-state index in [1.54, 1.807) is 0 Å². The van der Waals surface area contributed by atoms with E-state index < -0.39 is 0 Å². The van der Waals surface area contributed by atoms with Crippen LogP contribution in [-0.4, -0.2) is 23.4 Å². The fraction of sp³-hybridized carbons (Fsp3) is 0.615. The highest BCUT2D eigenvalue weighted by molar-refractivity contribution is 5.92. The average molecular weight is 251 g/mol. The molecule has 2 unspecified atom stereocenters. The molecule has 5 heteroatoms. The average Bonchev–Trinajstić information content (AvgIpc) is 2.80. The van der Waals surface area contributed by atoms with E-state index in [9.17, 15) is 4.79 Å². The number of furan rings is 1. The number of piperidine rings is 1. The topological polar surface area (TPSA) is 71.5 Å². The Morgan fingerprint density at radius 2 is 2.39 bits per heavy atom. The molecule has 1 saturated heterocycles. The van der Waals surface area contributed by atoms with Gasteiger partial charge in [0.1, 0.15) is 0 Å². The Hall–Kier alpha value is -1.33. The molecule has 1 aromatic rings. The zero-order valence-corrected chi connectivity index (χ0v) is 11.0. The van der Waals surface area contributed by atoms with Gasteiger partial charge in [-0.05, 0) is 38.3 Å². The van der Waals surface area contributed by atoms with Crippen LogP contribution in [0, 0.1) is 5.92 Å². The lowest BCUT2D eigenvalue weighted by molar-refractivity contribution is 0.0915. The summed E-state index contributed by atoms with van der Waals surface area (Å²) >= 11 is 0. The monoisotopic (exact) mass is 251 g/mol. The van der Waals surface area contributed by atoms with Crippen LogP contribution in [0.3, 0.4) is 0 Å². The Morgan fingerprint density at radius 1 is 1.61 bits per heavy atom. The standard InChI is InChI=1S/C13H21N3O2/c1-9-3-5-16(10(2)7-9)8-11-4-6-18-12(11)13(17)15-14/h4,6,9-10H,3,5,7-8,14H2,1-2H3,(H,15,17). The van der Waals surface area contributed by atoms with Gasteiger partial charge in [-0.1, -0.05) is 6.92 Å². The van der Waals surface area contributed by atoms with E-state index >= 15 is 0 Å². The van der Waals surface area contributed by atoms with E-state index in [1.165, 1.54) is 19.1 Å². The molecular weight excluding hydrogens is 230 g/mol. The highest BCUT2D eigenvalue weighted by atomic mass is 16.3. The first kappa shape index (κ1) is 13.1. The summed E-state index contributed by atoms with van der Waals surface area (Å²) in [7, 11) is 0. The number of hydrazine groups is 1. The van der Waals surface area contributed by atoms with Crippen molar-refractivity contribution >= 4 is 5.91 Å². The lowest BCUT2D eigenvalue weighted by atomic mass is 9.93. The van der Waals surface area contributed by atoms with Crippen molar-refractivity contribution in [3.05, 3.63) is 23.7 Å². The number of hydrogen-bond donors (Lipinski definition) is 2. The number of carbonyl (C=O) groups is 1. The molecule has 1 amide bonds. The molecule has 3 N–H and O–H groups in total. The maximum absolute atomic E-state index is 11.5. The Morgan fingerprint density at radius 3 is 3.06 bits per heavy atom. The molecule has 0 aromatic carbocycles. The molecule has 2 atom stereocenters. The number of nitrogens with zero attached hydrogens (tertiary/aromatic N) is 1. The predicted octanol–water partition coefficient (Wildman–Crippen LogP) is 1.50. The second-order valence-corrected chi connectivity index (χ2v) is 5.20. The van der Waals surface area contributed by atoms with Crippen molar-refractivity contribution < 1.29 is 9.21 Å². The zero-order valence-electron chi connectivity index (χ0n) is 11.0. The van der Waals surface area contributed by atoms with Crippen molar-refractivity contribution in [2.75, 3.05) is 6.54 Å². The molecule has 1 aliphatic heterocycles. The third kappa shape index (κ3) is 2.73. The van der Waals surface area contributed by atoms with E-state index in [4.69, 9.17) is 10.3 Å². The normalized spacial score (nSPS) is 25.1. The van der Waals surface area contributed by atoms with Crippen LogP contribution in [0.15, 0.2) is 16.7 Å². The number of carbonyl (C=O) groups excluding carboxylic acids is 1. The first-order valence-electron chi connectivity index (χ1n) is 6.43. The van der Waals surface area contributed by atoms with E-state index in [0.717, 1.165) is 24.6 Å². The number of nitrogens with one attached hydrogen (secondary N) is 1. The number of rotatable bonds is 3. The summed E-state index contributed by atoms with van der Waals surface area (Å²) in [6.07, 6.45) is 3.95. The first-order valence-corrected chi connectivity index (χ1v) is 6.43. The minimum absolute atomic E-state index is 0.323. The van der Waals surface area contributed by atoms with Crippen LogP contribution in [-0.2, 0) is 6.54 Å². The molecule has 1 fully saturated rings. The van der Waals surface area contributed by atoms with Crippen LogP contribution in [0.25, 0.3) is 0 Å². The molecule has 1 aliphatic rings. The van der Waals surface area contributed by atoms with Crippen LogP contribution in [0.4, 0.5) is 0 Å². The molecule has 0 spiro atoms. The zero-order chi connectivity index (χ0) is 13.1. The SMILES string of the molecule is CC1CCN(Cc2ccoc2C(=O)NN)C(C)C1. The van der Waals surface area contributed by atoms with Gasteiger partial charge in [-0.25, -0.2) is 5.84 Å². The molecule has 0 bridgehead atoms. The van der Waals surface area contributed by atoms with Crippen LogP contribution in [0.5, 0.6) is 0 Å². The minimum Gasteiger partial charge on any atom is -0.459 e. The van der Waals surface area contributed by atoms with Crippen molar-refractivity contribution in [1.82, 2.24) is 10.3 Å². The number of hydrogen-bond acceptors (Lipinski definition) is 4. The highest BCUT2D eigenvalue weighted by Crippen LogP contribution is 2.24. The van der Waals surface area contributed by atoms with Gasteiger partial charge in [-0.2, -0.15) is 0 Å². The maximum Gasteiger partial charge on any atom is 0.301 e. The van der Waals surface area contributed by atoms with E-state index in [1.807, 2.05) is 6.07 Å². The van der Waals surface area contributed by atoms with Crippen molar-refractivity contribution in [3.8, 4) is 0 Å². The maximum atomic E-state index is 11.5. The second-order valence-electron chi connectivity index (χ2n) is 5.20. The molecule has 0 aliphatic carbocycles. The summed E-state index contributed by atoms with van der Waals surface area (Å²) in [5.41, 5.74) is 3.01. The van der Waals surface area contributed by atoms with Gasteiger partial charge in [0, 0.05) is 18.2 Å². The largest absolute Gasteiger partial charge is 0.459 e. The summed E-state index contributed by atoms with van der Waals surface area (Å²) in [6, 6.07) is 2.38. The first-order chi connectivity index (χ1) is 8.61. The van der Waals surface area contributed by atoms with Crippen molar-refractivity contribution in [1.29, 1.82) is 0 Å². The molecule has 2 heterocycles. The van der Waals surface area contributed by atoms with Gasteiger partial charge < -0.3 is 4.42 Å². The third-order valence-corrected chi connectivity index (χ3v) is 3.73. The number of nitrogen functional groups attached to an aromatic ring is 1. The van der Waals surface area contributed by atoms with Crippen molar-refractivity contribution in [3.63, 3.8) is 0 Å². The predicted molar refractivity (Wildman–Crippen MR) is 68.6 cm³/mol. The molecule has 5 nitrogen and oxygen atoms in total. The van der Waals surface area contributed by atoms with Crippen molar-refractivity contribution in [2.24, 2.45) is 11.8 Å². The third-order valence-electron chi connectivity index (χ3n) is 3.73. The Kier molecular flexibility index (Phi) is 4.04. The molecular formula is C13H21N3O2. The summed E-state index contributed by atoms with van der Waals surface area (Å²) in [5, 5.41) is 0. The highest BCUT2D eigenvalue weighted by Gasteiger charge is 2.25. The lowest BCUT2D eigenvalue weighted by Crippen LogP contribution is -2.40. The fourth-order valence-electron chi connectivity index (χ4n) is 2.63. The molecule has 1 aromatic heterocycles. The van der Waals surface area contributed by atoms with E-state index in [0.29, 0.717) is 11.8 Å².